The smallest absolute Gasteiger partial charge is 0.268 e. The topological polar surface area (TPSA) is 87.5 Å². The summed E-state index contributed by atoms with van der Waals surface area (Å²) >= 11 is 0. The molecule has 0 unspecified atom stereocenters. The largest absolute Gasteiger partial charge is 0.506 e. The zero-order valence-electron chi connectivity index (χ0n) is 18.9. The third kappa shape index (κ3) is 4.80. The zero-order chi connectivity index (χ0) is 22.9. The van der Waals surface area contributed by atoms with E-state index in [2.05, 4.69) is 29.0 Å². The Morgan fingerprint density at radius 2 is 1.91 bits per heavy atom. The van der Waals surface area contributed by atoms with Gasteiger partial charge in [0, 0.05) is 38.4 Å². The van der Waals surface area contributed by atoms with Gasteiger partial charge in [0.1, 0.15) is 23.1 Å². The van der Waals surface area contributed by atoms with Gasteiger partial charge in [0.25, 0.3) is 11.5 Å². The lowest BCUT2D eigenvalue weighted by Gasteiger charge is -2.34. The van der Waals surface area contributed by atoms with Crippen LogP contribution in [0.15, 0.2) is 23.1 Å². The van der Waals surface area contributed by atoms with E-state index in [1.54, 1.807) is 18.3 Å². The van der Waals surface area contributed by atoms with Crippen molar-refractivity contribution in [3.8, 4) is 5.75 Å². The predicted octanol–water partition coefficient (Wildman–Crippen LogP) is 3.23. The molecule has 1 saturated heterocycles. The molecule has 3 heterocycles. The number of pyridine rings is 2. The molecule has 0 aromatic carbocycles. The van der Waals surface area contributed by atoms with Crippen LogP contribution >= 0.6 is 0 Å². The fourth-order valence-electron chi connectivity index (χ4n) is 4.84. The molecule has 0 radical (unpaired) electrons. The first-order valence-corrected chi connectivity index (χ1v) is 11.6. The Balaban J connectivity index is 1.59. The molecule has 0 spiro atoms. The number of nitrogens with zero attached hydrogens (tertiary/aromatic N) is 3. The van der Waals surface area contributed by atoms with Crippen molar-refractivity contribution < 1.29 is 14.3 Å². The van der Waals surface area contributed by atoms with Crippen molar-refractivity contribution in [1.82, 2.24) is 19.8 Å². The van der Waals surface area contributed by atoms with E-state index in [9.17, 15) is 19.1 Å². The maximum absolute atomic E-state index is 13.4. The molecule has 1 saturated carbocycles. The van der Waals surface area contributed by atoms with Crippen LogP contribution in [0.5, 0.6) is 5.75 Å². The third-order valence-electron chi connectivity index (χ3n) is 7.05. The van der Waals surface area contributed by atoms with Gasteiger partial charge < -0.3 is 15.3 Å². The molecule has 1 amide bonds. The van der Waals surface area contributed by atoms with E-state index in [1.807, 2.05) is 0 Å². The quantitative estimate of drug-likeness (QED) is 0.739. The first kappa shape index (κ1) is 22.7. The number of alkyl halides is 1. The number of hydrogen-bond donors (Lipinski definition) is 2. The summed E-state index contributed by atoms with van der Waals surface area (Å²) in [7, 11) is 0. The summed E-state index contributed by atoms with van der Waals surface area (Å²) < 4.78 is 14.9. The molecule has 0 bridgehead atoms. The maximum Gasteiger partial charge on any atom is 0.268 e. The number of carbonyl (C=O) groups is 1. The molecule has 2 aliphatic rings. The number of piperidine rings is 1. The number of aromatic hydroxyl groups is 1. The molecule has 32 heavy (non-hydrogen) atoms. The van der Waals surface area contributed by atoms with Gasteiger partial charge in [-0.15, -0.1) is 0 Å². The summed E-state index contributed by atoms with van der Waals surface area (Å²) in [5.74, 6) is -0.851. The predicted molar refractivity (Wildman–Crippen MR) is 122 cm³/mol. The van der Waals surface area contributed by atoms with Crippen molar-refractivity contribution in [2.75, 3.05) is 19.6 Å². The second-order valence-electron chi connectivity index (χ2n) is 9.98. The van der Waals surface area contributed by atoms with E-state index in [0.29, 0.717) is 50.1 Å². The van der Waals surface area contributed by atoms with Crippen LogP contribution in [0.3, 0.4) is 0 Å². The van der Waals surface area contributed by atoms with Crippen LogP contribution in [0.2, 0.25) is 0 Å². The number of likely N-dealkylation sites (tertiary alicyclic amines) is 1. The minimum atomic E-state index is -0.759. The van der Waals surface area contributed by atoms with Crippen molar-refractivity contribution in [2.45, 2.75) is 71.1 Å². The number of nitrogens with one attached hydrogen (secondary N) is 1. The molecule has 1 aliphatic carbocycles. The van der Waals surface area contributed by atoms with Gasteiger partial charge in [-0.05, 0) is 56.1 Å². The van der Waals surface area contributed by atoms with Crippen LogP contribution in [-0.4, -0.2) is 57.3 Å². The molecule has 4 rings (SSSR count). The van der Waals surface area contributed by atoms with Crippen LogP contribution in [0, 0.1) is 5.41 Å². The molecule has 1 aliphatic heterocycles. The molecular formula is C24H33FN4O3. The minimum absolute atomic E-state index is 0.00522. The molecule has 0 atom stereocenters. The van der Waals surface area contributed by atoms with Gasteiger partial charge >= 0.3 is 0 Å². The Hall–Kier alpha value is -2.48. The number of fused-ring (bicyclic) bond motifs is 1. The minimum Gasteiger partial charge on any atom is -0.506 e. The fourth-order valence-corrected chi connectivity index (χ4v) is 4.84. The first-order valence-electron chi connectivity index (χ1n) is 11.6. The standard InChI is InChI=1S/C24H33FN4O3/c1-24(2)9-5-17(6-10-24)27-22(31)19-20(30)18-4-3-11-26-21(18)29(23(19)32)15-14-28-12-7-16(25)8-13-28/h3-4,11,16-17,30H,5-10,12-15H2,1-2H3,(H,27,31). The van der Waals surface area contributed by atoms with E-state index in [0.717, 1.165) is 25.7 Å². The number of halogens is 1. The Bertz CT molecular complexity index is 1030. The maximum atomic E-state index is 13.4. The highest BCUT2D eigenvalue weighted by atomic mass is 19.1. The number of aromatic nitrogens is 2. The molecule has 7 nitrogen and oxygen atoms in total. The van der Waals surface area contributed by atoms with E-state index < -0.39 is 17.6 Å². The summed E-state index contributed by atoms with van der Waals surface area (Å²) in [4.78, 5) is 32.9. The normalized spacial score (nSPS) is 20.5. The summed E-state index contributed by atoms with van der Waals surface area (Å²) in [6.45, 7) is 6.61. The van der Waals surface area contributed by atoms with Gasteiger partial charge in [0.15, 0.2) is 0 Å². The Morgan fingerprint density at radius 3 is 2.59 bits per heavy atom. The fraction of sp³-hybridized carbons (Fsp3) is 0.625. The lowest BCUT2D eigenvalue weighted by Crippen LogP contribution is -2.42. The van der Waals surface area contributed by atoms with Gasteiger partial charge in [-0.25, -0.2) is 9.37 Å². The molecule has 2 fully saturated rings. The van der Waals surface area contributed by atoms with Gasteiger partial charge in [0.05, 0.1) is 5.39 Å². The SMILES string of the molecule is CC1(C)CCC(NC(=O)c2c(O)c3cccnc3n(CCN3CCC(F)CC3)c2=O)CC1. The summed E-state index contributed by atoms with van der Waals surface area (Å²) in [6, 6.07) is 3.34. The number of hydrogen-bond acceptors (Lipinski definition) is 5. The molecular weight excluding hydrogens is 411 g/mol. The van der Waals surface area contributed by atoms with Crippen LogP contribution in [0.25, 0.3) is 11.0 Å². The summed E-state index contributed by atoms with van der Waals surface area (Å²) in [6.07, 6.45) is 5.52. The van der Waals surface area contributed by atoms with E-state index in [-0.39, 0.29) is 22.8 Å². The van der Waals surface area contributed by atoms with Crippen molar-refractivity contribution in [3.05, 3.63) is 34.2 Å². The van der Waals surface area contributed by atoms with E-state index >= 15 is 0 Å². The van der Waals surface area contributed by atoms with Gasteiger partial charge in [-0.2, -0.15) is 0 Å². The Morgan fingerprint density at radius 1 is 1.22 bits per heavy atom. The summed E-state index contributed by atoms with van der Waals surface area (Å²) in [5.41, 5.74) is -0.145. The number of amides is 1. The second-order valence-corrected chi connectivity index (χ2v) is 9.98. The zero-order valence-corrected chi connectivity index (χ0v) is 18.9. The third-order valence-corrected chi connectivity index (χ3v) is 7.05. The van der Waals surface area contributed by atoms with E-state index in [4.69, 9.17) is 0 Å². The number of carbonyl (C=O) groups excluding carboxylic acids is 1. The Labute approximate surface area is 187 Å². The van der Waals surface area contributed by atoms with Gasteiger partial charge in [-0.3, -0.25) is 14.2 Å². The van der Waals surface area contributed by atoms with Crippen molar-refractivity contribution in [3.63, 3.8) is 0 Å². The Kier molecular flexibility index (Phi) is 6.51. The van der Waals surface area contributed by atoms with Gasteiger partial charge in [0.2, 0.25) is 0 Å². The molecule has 8 heteroatoms. The highest BCUT2D eigenvalue weighted by molar-refractivity contribution is 6.01. The second kappa shape index (κ2) is 9.17. The molecule has 2 aromatic rings. The van der Waals surface area contributed by atoms with Crippen LogP contribution in [0.4, 0.5) is 4.39 Å². The molecule has 2 aromatic heterocycles. The monoisotopic (exact) mass is 444 g/mol. The van der Waals surface area contributed by atoms with Crippen molar-refractivity contribution in [1.29, 1.82) is 0 Å². The average Bonchev–Trinajstić information content (AvgIpc) is 2.76. The summed E-state index contributed by atoms with van der Waals surface area (Å²) in [5, 5.41) is 14.2. The lowest BCUT2D eigenvalue weighted by atomic mass is 9.75. The lowest BCUT2D eigenvalue weighted by molar-refractivity contribution is 0.0904. The highest BCUT2D eigenvalue weighted by Crippen LogP contribution is 2.35. The van der Waals surface area contributed by atoms with Crippen LogP contribution in [-0.2, 0) is 6.54 Å². The van der Waals surface area contributed by atoms with Crippen LogP contribution in [0.1, 0.15) is 62.7 Å². The van der Waals surface area contributed by atoms with E-state index in [1.165, 1.54) is 4.57 Å². The average molecular weight is 445 g/mol. The van der Waals surface area contributed by atoms with Crippen molar-refractivity contribution in [2.24, 2.45) is 5.41 Å². The molecule has 174 valence electrons. The first-order chi connectivity index (χ1) is 15.2. The van der Waals surface area contributed by atoms with Crippen molar-refractivity contribution >= 4 is 16.9 Å². The highest BCUT2D eigenvalue weighted by Gasteiger charge is 2.30. The molecule has 2 N–H and O–H groups in total. The number of rotatable bonds is 5. The van der Waals surface area contributed by atoms with Crippen LogP contribution < -0.4 is 10.9 Å². The van der Waals surface area contributed by atoms with Gasteiger partial charge in [-0.1, -0.05) is 13.8 Å².